The Balaban J connectivity index is 2.09. The first-order valence-corrected chi connectivity index (χ1v) is 5.57. The van der Waals surface area contributed by atoms with Crippen LogP contribution in [0.25, 0.3) is 6.08 Å². The summed E-state index contributed by atoms with van der Waals surface area (Å²) in [6.07, 6.45) is 2.52. The third-order valence-corrected chi connectivity index (χ3v) is 2.24. The van der Waals surface area contributed by atoms with Crippen molar-refractivity contribution in [1.29, 1.82) is 0 Å². The molecule has 98 valence electrons. The molecule has 0 aliphatic heterocycles. The van der Waals surface area contributed by atoms with Gasteiger partial charge in [0.25, 0.3) is 5.89 Å². The summed E-state index contributed by atoms with van der Waals surface area (Å²) in [6, 6.07) is 7.09. The maximum atomic E-state index is 10.5. The van der Waals surface area contributed by atoms with Crippen LogP contribution < -0.4 is 4.74 Å². The highest BCUT2D eigenvalue weighted by atomic mass is 16.5. The van der Waals surface area contributed by atoms with E-state index < -0.39 is 5.97 Å². The molecule has 2 rings (SSSR count). The average molecular weight is 260 g/mol. The molecule has 0 unspecified atom stereocenters. The molecule has 0 fully saturated rings. The van der Waals surface area contributed by atoms with Crippen molar-refractivity contribution in [3.63, 3.8) is 0 Å². The van der Waals surface area contributed by atoms with Gasteiger partial charge in [-0.1, -0.05) is 18.2 Å². The number of para-hydroxylation sites is 1. The molecule has 0 radical (unpaired) electrons. The number of aliphatic carboxylic acids is 1. The molecule has 1 N–H and O–H groups in total. The zero-order valence-electron chi connectivity index (χ0n) is 10.2. The quantitative estimate of drug-likeness (QED) is 0.828. The Kier molecular flexibility index (Phi) is 3.92. The largest absolute Gasteiger partial charge is 0.483 e. The highest BCUT2D eigenvalue weighted by molar-refractivity contribution is 5.85. The molecule has 6 heteroatoms. The van der Waals surface area contributed by atoms with Gasteiger partial charge in [-0.3, -0.25) is 0 Å². The molecular weight excluding hydrogens is 248 g/mol. The summed E-state index contributed by atoms with van der Waals surface area (Å²) in [5.74, 6) is 0.380. The fraction of sp³-hybridized carbons (Fsp3) is 0.154. The summed E-state index contributed by atoms with van der Waals surface area (Å²) in [4.78, 5) is 10.5. The van der Waals surface area contributed by atoms with Gasteiger partial charge in [-0.25, -0.2) is 4.79 Å². The van der Waals surface area contributed by atoms with E-state index in [9.17, 15) is 4.79 Å². The molecule has 0 saturated heterocycles. The Labute approximate surface area is 109 Å². The summed E-state index contributed by atoms with van der Waals surface area (Å²) >= 11 is 0. The van der Waals surface area contributed by atoms with E-state index in [2.05, 4.69) is 10.2 Å². The van der Waals surface area contributed by atoms with Crippen molar-refractivity contribution in [1.82, 2.24) is 10.2 Å². The van der Waals surface area contributed by atoms with Gasteiger partial charge in [0, 0.05) is 18.6 Å². The number of benzene rings is 1. The normalized spacial score (nSPS) is 10.8. The van der Waals surface area contributed by atoms with Gasteiger partial charge in [-0.2, -0.15) is 0 Å². The van der Waals surface area contributed by atoms with Gasteiger partial charge in [0.1, 0.15) is 5.75 Å². The lowest BCUT2D eigenvalue weighted by Crippen LogP contribution is -1.97. The van der Waals surface area contributed by atoms with Crippen molar-refractivity contribution >= 4 is 12.0 Å². The second-order valence-corrected chi connectivity index (χ2v) is 3.71. The third kappa shape index (κ3) is 3.67. The predicted octanol–water partition coefficient (Wildman–Crippen LogP) is 2.05. The fourth-order valence-electron chi connectivity index (χ4n) is 1.45. The van der Waals surface area contributed by atoms with Crippen LogP contribution >= 0.6 is 0 Å². The van der Waals surface area contributed by atoms with Crippen molar-refractivity contribution < 1.29 is 19.1 Å². The third-order valence-electron chi connectivity index (χ3n) is 2.24. The SMILES string of the molecule is Cc1nnc(COc2ccccc2/C=C/C(=O)O)o1. The van der Waals surface area contributed by atoms with Gasteiger partial charge >= 0.3 is 5.97 Å². The summed E-state index contributed by atoms with van der Waals surface area (Å²) in [5, 5.41) is 16.1. The monoisotopic (exact) mass is 260 g/mol. The lowest BCUT2D eigenvalue weighted by Gasteiger charge is -2.06. The van der Waals surface area contributed by atoms with Gasteiger partial charge in [0.05, 0.1) is 0 Å². The summed E-state index contributed by atoms with van der Waals surface area (Å²) in [6.45, 7) is 1.83. The van der Waals surface area contributed by atoms with Crippen molar-refractivity contribution in [2.24, 2.45) is 0 Å². The standard InChI is InChI=1S/C13H12N2O4/c1-9-14-15-12(19-9)8-18-11-5-3-2-4-10(11)6-7-13(16)17/h2-7H,8H2,1H3,(H,16,17)/b7-6+. The molecule has 0 aliphatic rings. The van der Waals surface area contributed by atoms with E-state index in [1.165, 1.54) is 6.08 Å². The van der Waals surface area contributed by atoms with Gasteiger partial charge in [0.2, 0.25) is 5.89 Å². The number of aryl methyl sites for hydroxylation is 1. The molecule has 2 aromatic rings. The zero-order valence-corrected chi connectivity index (χ0v) is 10.2. The van der Waals surface area contributed by atoms with Crippen molar-refractivity contribution in [3.8, 4) is 5.75 Å². The summed E-state index contributed by atoms with van der Waals surface area (Å²) in [5.41, 5.74) is 0.668. The summed E-state index contributed by atoms with van der Waals surface area (Å²) < 4.78 is 10.7. The lowest BCUT2D eigenvalue weighted by atomic mass is 10.2. The molecule has 1 heterocycles. The van der Waals surface area contributed by atoms with Crippen molar-refractivity contribution in [2.75, 3.05) is 0 Å². The molecular formula is C13H12N2O4. The highest BCUT2D eigenvalue weighted by Crippen LogP contribution is 2.20. The minimum Gasteiger partial charge on any atom is -0.483 e. The van der Waals surface area contributed by atoms with E-state index >= 15 is 0 Å². The number of carboxylic acid groups (broad SMARTS) is 1. The first kappa shape index (κ1) is 12.8. The predicted molar refractivity (Wildman–Crippen MR) is 66.5 cm³/mol. The van der Waals surface area contributed by atoms with Crippen LogP contribution in [0.1, 0.15) is 17.3 Å². The Morgan fingerprint density at radius 3 is 2.89 bits per heavy atom. The highest BCUT2D eigenvalue weighted by Gasteiger charge is 2.05. The number of hydrogen-bond acceptors (Lipinski definition) is 5. The van der Waals surface area contributed by atoms with Gasteiger partial charge in [0.15, 0.2) is 6.61 Å². The Hall–Kier alpha value is -2.63. The van der Waals surface area contributed by atoms with Crippen LogP contribution in [-0.2, 0) is 11.4 Å². The van der Waals surface area contributed by atoms with E-state index in [0.29, 0.717) is 23.1 Å². The zero-order chi connectivity index (χ0) is 13.7. The number of aromatic nitrogens is 2. The number of carboxylic acids is 1. The number of carbonyl (C=O) groups is 1. The van der Waals surface area contributed by atoms with Crippen LogP contribution in [-0.4, -0.2) is 21.3 Å². The van der Waals surface area contributed by atoms with Crippen LogP contribution in [0.4, 0.5) is 0 Å². The number of nitrogens with zero attached hydrogens (tertiary/aromatic N) is 2. The Bertz CT molecular complexity index is 604. The van der Waals surface area contributed by atoms with Crippen LogP contribution in [0.3, 0.4) is 0 Å². The Morgan fingerprint density at radius 2 is 2.21 bits per heavy atom. The van der Waals surface area contributed by atoms with Gasteiger partial charge < -0.3 is 14.3 Å². The minimum atomic E-state index is -1.01. The minimum absolute atomic E-state index is 0.138. The molecule has 0 saturated carbocycles. The second-order valence-electron chi connectivity index (χ2n) is 3.71. The van der Waals surface area contributed by atoms with E-state index in [4.69, 9.17) is 14.3 Å². The van der Waals surface area contributed by atoms with Gasteiger partial charge in [-0.05, 0) is 12.1 Å². The molecule has 0 aliphatic carbocycles. The van der Waals surface area contributed by atoms with Crippen LogP contribution in [0.2, 0.25) is 0 Å². The van der Waals surface area contributed by atoms with E-state index in [-0.39, 0.29) is 6.61 Å². The van der Waals surface area contributed by atoms with Crippen molar-refractivity contribution in [2.45, 2.75) is 13.5 Å². The fourth-order valence-corrected chi connectivity index (χ4v) is 1.45. The first-order valence-electron chi connectivity index (χ1n) is 5.57. The summed E-state index contributed by atoms with van der Waals surface area (Å²) in [7, 11) is 0. The average Bonchev–Trinajstić information content (AvgIpc) is 2.80. The smallest absolute Gasteiger partial charge is 0.328 e. The second kappa shape index (κ2) is 5.81. The molecule has 1 aromatic carbocycles. The van der Waals surface area contributed by atoms with Gasteiger partial charge in [-0.15, -0.1) is 10.2 Å². The first-order chi connectivity index (χ1) is 9.15. The molecule has 0 amide bonds. The number of hydrogen-bond donors (Lipinski definition) is 1. The van der Waals surface area contributed by atoms with E-state index in [0.717, 1.165) is 6.08 Å². The van der Waals surface area contributed by atoms with Crippen LogP contribution in [0.5, 0.6) is 5.75 Å². The number of rotatable bonds is 5. The lowest BCUT2D eigenvalue weighted by molar-refractivity contribution is -0.131. The molecule has 0 atom stereocenters. The van der Waals surface area contributed by atoms with E-state index in [1.54, 1.807) is 31.2 Å². The molecule has 0 spiro atoms. The maximum absolute atomic E-state index is 10.5. The van der Waals surface area contributed by atoms with Crippen LogP contribution in [0, 0.1) is 6.92 Å². The molecule has 1 aromatic heterocycles. The maximum Gasteiger partial charge on any atom is 0.328 e. The molecule has 0 bridgehead atoms. The van der Waals surface area contributed by atoms with Crippen LogP contribution in [0.15, 0.2) is 34.8 Å². The topological polar surface area (TPSA) is 85.5 Å². The number of ether oxygens (including phenoxy) is 1. The van der Waals surface area contributed by atoms with E-state index in [1.807, 2.05) is 0 Å². The Morgan fingerprint density at radius 1 is 1.42 bits per heavy atom. The van der Waals surface area contributed by atoms with Crippen molar-refractivity contribution in [3.05, 3.63) is 47.7 Å². The molecule has 19 heavy (non-hydrogen) atoms. The molecule has 6 nitrogen and oxygen atoms in total.